The zero-order valence-corrected chi connectivity index (χ0v) is 35.1. The lowest BCUT2D eigenvalue weighted by molar-refractivity contribution is -0.134. The summed E-state index contributed by atoms with van der Waals surface area (Å²) in [5.74, 6) is -0.982. The van der Waals surface area contributed by atoms with Crippen LogP contribution in [0.1, 0.15) is 50.8 Å². The molecule has 5 aromatic rings. The number of likely N-dealkylation sites (N-methyl/N-ethyl adjacent to an activating group) is 1. The predicted octanol–water partition coefficient (Wildman–Crippen LogP) is 2.80. The minimum absolute atomic E-state index is 0.00119. The van der Waals surface area contributed by atoms with Gasteiger partial charge in [-0.05, 0) is 44.9 Å². The Morgan fingerprint density at radius 2 is 1.89 bits per heavy atom. The van der Waals surface area contributed by atoms with E-state index in [1.54, 1.807) is 21.8 Å². The second kappa shape index (κ2) is 16.9. The van der Waals surface area contributed by atoms with Crippen LogP contribution in [0.15, 0.2) is 47.5 Å². The van der Waals surface area contributed by atoms with Gasteiger partial charge in [0, 0.05) is 76.6 Å². The number of hydrogen-bond acceptors (Lipinski definition) is 14. The van der Waals surface area contributed by atoms with E-state index in [1.165, 1.54) is 23.9 Å². The first-order valence-corrected chi connectivity index (χ1v) is 20.7. The van der Waals surface area contributed by atoms with Gasteiger partial charge in [-0.25, -0.2) is 14.4 Å². The highest BCUT2D eigenvalue weighted by Crippen LogP contribution is 2.36. The molecule has 0 bridgehead atoms. The van der Waals surface area contributed by atoms with Crippen LogP contribution < -0.4 is 36.0 Å². The van der Waals surface area contributed by atoms with Gasteiger partial charge < -0.3 is 30.3 Å². The van der Waals surface area contributed by atoms with Crippen molar-refractivity contribution in [2.24, 2.45) is 7.05 Å². The van der Waals surface area contributed by atoms with E-state index in [0.29, 0.717) is 61.6 Å². The van der Waals surface area contributed by atoms with E-state index in [2.05, 4.69) is 40.7 Å². The third kappa shape index (κ3) is 8.28. The maximum absolute atomic E-state index is 16.1. The summed E-state index contributed by atoms with van der Waals surface area (Å²) in [7, 11) is 3.33. The van der Waals surface area contributed by atoms with Gasteiger partial charge in [-0.3, -0.25) is 38.6 Å². The van der Waals surface area contributed by atoms with E-state index in [1.807, 2.05) is 39.1 Å². The maximum Gasteiger partial charge on any atom is 0.294 e. The monoisotopic (exact) mass is 858 g/mol. The number of amides is 3. The fourth-order valence-corrected chi connectivity index (χ4v) is 8.58. The summed E-state index contributed by atoms with van der Waals surface area (Å²) in [5, 5.41) is 26.1. The molecule has 0 aliphatic carbocycles. The quantitative estimate of drug-likeness (QED) is 0.141. The molecular weight excluding hydrogens is 811 g/mol. The van der Waals surface area contributed by atoms with Crippen molar-refractivity contribution in [3.63, 3.8) is 0 Å². The largest absolute Gasteiger partial charge is 0.478 e. The first-order valence-electron chi connectivity index (χ1n) is 20.3. The van der Waals surface area contributed by atoms with Gasteiger partial charge in [0.15, 0.2) is 18.2 Å². The summed E-state index contributed by atoms with van der Waals surface area (Å²) in [6, 6.07) is 8.97. The molecule has 3 amide bonds. The van der Waals surface area contributed by atoms with Gasteiger partial charge in [-0.1, -0.05) is 23.7 Å². The first kappa shape index (κ1) is 41.8. The van der Waals surface area contributed by atoms with Crippen LogP contribution in [-0.2, 0) is 21.4 Å². The number of halogens is 2. The Morgan fingerprint density at radius 3 is 2.61 bits per heavy atom. The molecule has 1 unspecified atom stereocenters. The second-order valence-electron chi connectivity index (χ2n) is 16.1. The summed E-state index contributed by atoms with van der Waals surface area (Å²) >= 11 is 6.53. The van der Waals surface area contributed by atoms with Gasteiger partial charge in [0.05, 0.1) is 47.4 Å². The molecule has 4 N–H and O–H groups in total. The molecule has 8 rings (SSSR count). The van der Waals surface area contributed by atoms with E-state index >= 15 is 4.39 Å². The molecule has 0 spiro atoms. The fourth-order valence-electron chi connectivity index (χ4n) is 8.45. The number of carbonyl (C=O) groups is 3. The van der Waals surface area contributed by atoms with Crippen LogP contribution in [0.4, 0.5) is 27.5 Å². The Balaban J connectivity index is 0.912. The van der Waals surface area contributed by atoms with Crippen molar-refractivity contribution < 1.29 is 28.6 Å². The number of anilines is 4. The molecule has 4 aromatic heterocycles. The van der Waals surface area contributed by atoms with E-state index in [4.69, 9.17) is 21.4 Å². The first-order chi connectivity index (χ1) is 29.2. The van der Waals surface area contributed by atoms with Crippen molar-refractivity contribution in [1.82, 2.24) is 44.8 Å². The number of fused-ring (bicyclic) bond motifs is 2. The zero-order chi connectivity index (χ0) is 43.2. The normalized spacial score (nSPS) is 21.3. The number of rotatable bonds is 11. The summed E-state index contributed by atoms with van der Waals surface area (Å²) in [6.45, 7) is 6.20. The number of nitrogens with zero attached hydrogens (tertiary/aromatic N) is 9. The van der Waals surface area contributed by atoms with Crippen molar-refractivity contribution in [3.05, 3.63) is 63.8 Å². The second-order valence-corrected chi connectivity index (χ2v) is 16.5. The van der Waals surface area contributed by atoms with Crippen molar-refractivity contribution in [3.8, 4) is 5.75 Å². The van der Waals surface area contributed by atoms with Crippen LogP contribution in [0.25, 0.3) is 21.9 Å². The summed E-state index contributed by atoms with van der Waals surface area (Å²) < 4.78 is 24.9. The van der Waals surface area contributed by atoms with E-state index in [9.17, 15) is 24.3 Å². The molecule has 3 aliphatic heterocycles. The number of piperazine rings is 1. The van der Waals surface area contributed by atoms with Crippen LogP contribution in [0.5, 0.6) is 5.75 Å². The number of ether oxygens (including phenoxy) is 1. The minimum Gasteiger partial charge on any atom is -0.478 e. The zero-order valence-electron chi connectivity index (χ0n) is 34.3. The van der Waals surface area contributed by atoms with Crippen molar-refractivity contribution in [2.75, 3.05) is 74.6 Å². The number of hydrogen-bond donors (Lipinski definition) is 4. The highest BCUT2D eigenvalue weighted by molar-refractivity contribution is 6.33. The molecule has 322 valence electrons. The van der Waals surface area contributed by atoms with Crippen LogP contribution in [0, 0.1) is 0 Å². The van der Waals surface area contributed by atoms with Gasteiger partial charge in [-0.15, -0.1) is 0 Å². The third-order valence-electron chi connectivity index (χ3n) is 11.7. The number of piperidine rings is 2. The van der Waals surface area contributed by atoms with E-state index in [-0.39, 0.29) is 78.8 Å². The van der Waals surface area contributed by atoms with Gasteiger partial charge in [0.2, 0.25) is 17.8 Å². The van der Waals surface area contributed by atoms with Crippen molar-refractivity contribution in [1.29, 1.82) is 0 Å². The lowest BCUT2D eigenvalue weighted by atomic mass is 9.88. The molecule has 0 saturated carbocycles. The lowest BCUT2D eigenvalue weighted by Crippen LogP contribution is -2.61. The highest BCUT2D eigenvalue weighted by atomic mass is 35.5. The number of aromatic nitrogens is 6. The molecule has 3 atom stereocenters. The van der Waals surface area contributed by atoms with Gasteiger partial charge in [-0.2, -0.15) is 10.1 Å². The number of carbonyl (C=O) groups excluding carboxylic acids is 3. The lowest BCUT2D eigenvalue weighted by Gasteiger charge is -2.45. The SMILES string of the molecule is CNC(=O)COc1cc2cc(Nc3nc(N4CC[C@](O)(CN5CCN(c6cccc7c(C8CCC(=O)NC8=O)nn(C)c67)CC5)[C@H](F)C4)ncc3Cl)cnc2n(C(C)C)c1=O. The van der Waals surface area contributed by atoms with Crippen LogP contribution in [0.2, 0.25) is 5.02 Å². The number of benzene rings is 1. The highest BCUT2D eigenvalue weighted by Gasteiger charge is 2.44. The van der Waals surface area contributed by atoms with E-state index < -0.39 is 23.2 Å². The van der Waals surface area contributed by atoms with Crippen LogP contribution in [-0.4, -0.2) is 128 Å². The molecule has 18 nitrogen and oxygen atoms in total. The third-order valence-corrected chi connectivity index (χ3v) is 12.0. The number of para-hydroxylation sites is 1. The molecule has 3 fully saturated rings. The average molecular weight is 859 g/mol. The number of nitrogens with one attached hydrogen (secondary N) is 3. The smallest absolute Gasteiger partial charge is 0.294 e. The number of imide groups is 1. The number of aliphatic hydroxyl groups is 1. The van der Waals surface area contributed by atoms with Gasteiger partial charge in [0.25, 0.3) is 11.5 Å². The van der Waals surface area contributed by atoms with E-state index in [0.717, 1.165) is 16.6 Å². The van der Waals surface area contributed by atoms with Gasteiger partial charge in [0.1, 0.15) is 22.4 Å². The Labute approximate surface area is 355 Å². The molecule has 1 aromatic carbocycles. The van der Waals surface area contributed by atoms with Crippen molar-refractivity contribution >= 4 is 74.4 Å². The van der Waals surface area contributed by atoms with Crippen LogP contribution >= 0.6 is 11.6 Å². The van der Waals surface area contributed by atoms with Crippen molar-refractivity contribution in [2.45, 2.75) is 56.8 Å². The minimum atomic E-state index is -1.59. The average Bonchev–Trinajstić information content (AvgIpc) is 3.57. The Morgan fingerprint density at radius 1 is 1.10 bits per heavy atom. The summed E-state index contributed by atoms with van der Waals surface area (Å²) in [6.07, 6.45) is 2.22. The predicted molar refractivity (Wildman–Crippen MR) is 227 cm³/mol. The molecule has 0 radical (unpaired) electrons. The molecule has 20 heteroatoms. The molecule has 3 saturated heterocycles. The molecule has 61 heavy (non-hydrogen) atoms. The summed E-state index contributed by atoms with van der Waals surface area (Å²) in [5.41, 5.74) is 1.46. The number of alkyl halides is 1. The summed E-state index contributed by atoms with van der Waals surface area (Å²) in [4.78, 5) is 69.1. The van der Waals surface area contributed by atoms with Crippen LogP contribution in [0.3, 0.4) is 0 Å². The maximum atomic E-state index is 16.1. The number of aryl methyl sites for hydroxylation is 1. The number of pyridine rings is 2. The molecule has 7 heterocycles. The fraction of sp³-hybridized carbons (Fsp3) is 0.463. The Bertz CT molecular complexity index is 2580. The molecule has 3 aliphatic rings. The standard InChI is InChI=1S/C41H48ClFN12O6/c1-23(2)55-37-24(17-30(39(55)59)61-21-33(57)44-3)16-25(18-45-37)47-36-28(42)19-46-40(49-36)54-11-10-41(60,31(43)20-54)22-52-12-14-53(15-13-52)29-7-5-6-26-34(50-51(4)35(26)29)27-8-9-32(56)48-38(27)58/h5-7,16-19,23,27,31,60H,8-15,20-22H2,1-4H3,(H,44,57)(H,46,47,49)(H,48,56,58)/t27?,31-,41+/m1/s1. The Hall–Kier alpha value is -5.92. The molecular formula is C41H48ClFN12O6. The number of β-amino-alcohol motifs (C(OH)–C–C–N with tert-alkyl or cyclic N) is 1. The Kier molecular flexibility index (Phi) is 11.5. The topological polar surface area (TPSA) is 205 Å². The van der Waals surface area contributed by atoms with Gasteiger partial charge >= 0.3 is 0 Å².